The Bertz CT molecular complexity index is 876. The molecule has 132 valence electrons. The van der Waals surface area contributed by atoms with Crippen LogP contribution in [0.2, 0.25) is 0 Å². The summed E-state index contributed by atoms with van der Waals surface area (Å²) in [6.45, 7) is 1.69. The van der Waals surface area contributed by atoms with Crippen LogP contribution in [0.3, 0.4) is 0 Å². The van der Waals surface area contributed by atoms with E-state index in [1.54, 1.807) is 12.3 Å². The molecule has 0 radical (unpaired) electrons. The lowest BCUT2D eigenvalue weighted by molar-refractivity contribution is -0.0512. The first kappa shape index (κ1) is 16.9. The second kappa shape index (κ2) is 6.88. The van der Waals surface area contributed by atoms with E-state index in [1.807, 2.05) is 18.5 Å². The number of aromatic nitrogens is 4. The lowest BCUT2D eigenvalue weighted by Crippen LogP contribution is -2.03. The minimum absolute atomic E-state index is 0.0685. The zero-order valence-corrected chi connectivity index (χ0v) is 13.9. The molecule has 9 heteroatoms. The van der Waals surface area contributed by atoms with Crippen molar-refractivity contribution < 1.29 is 22.7 Å². The second-order valence-corrected chi connectivity index (χ2v) is 5.12. The smallest absolute Gasteiger partial charge is 0.387 e. The zero-order chi connectivity index (χ0) is 18.0. The molecule has 0 saturated carbocycles. The first-order chi connectivity index (χ1) is 12.0. The fourth-order valence-electron chi connectivity index (χ4n) is 2.42. The number of benzene rings is 1. The van der Waals surface area contributed by atoms with Crippen LogP contribution < -0.4 is 9.47 Å². The molecule has 2 aromatic heterocycles. The molecule has 0 bridgehead atoms. The molecule has 3 rings (SSSR count). The topological polar surface area (TPSA) is 75.2 Å². The van der Waals surface area contributed by atoms with Crippen molar-refractivity contribution in [1.29, 1.82) is 0 Å². The number of methoxy groups -OCH3 is 1. The predicted molar refractivity (Wildman–Crippen MR) is 84.6 cm³/mol. The summed E-state index contributed by atoms with van der Waals surface area (Å²) in [7, 11) is 1.36. The van der Waals surface area contributed by atoms with Crippen LogP contribution in [0.5, 0.6) is 11.5 Å². The normalized spacial score (nSPS) is 11.1. The highest BCUT2D eigenvalue weighted by molar-refractivity contribution is 5.62. The second-order valence-electron chi connectivity index (χ2n) is 5.12. The number of alkyl halides is 2. The molecule has 0 fully saturated rings. The van der Waals surface area contributed by atoms with Crippen molar-refractivity contribution in [1.82, 2.24) is 20.0 Å². The van der Waals surface area contributed by atoms with E-state index < -0.39 is 6.61 Å². The number of ether oxygens (including phenoxy) is 2. The van der Waals surface area contributed by atoms with Gasteiger partial charge < -0.3 is 13.9 Å². The molecular weight excluding hydrogens is 334 g/mol. The lowest BCUT2D eigenvalue weighted by atomic mass is 10.2. The Morgan fingerprint density at radius 3 is 2.60 bits per heavy atom. The number of aryl methyl sites for hydroxylation is 1. The molecule has 0 aliphatic rings. The quantitative estimate of drug-likeness (QED) is 0.677. The number of nitrogens with zero attached hydrogens (tertiary/aromatic N) is 4. The van der Waals surface area contributed by atoms with Gasteiger partial charge in [-0.05, 0) is 32.0 Å². The standard InChI is InChI=1S/C16H16F2N4O3/c1-4-22-9(2)11(8-19-22)15-21-20-14(25-15)10-5-6-12(24-16(17)18)13(7-10)23-3/h5-8,16H,4H2,1-3H3. The number of rotatable bonds is 6. The minimum atomic E-state index is -2.94. The molecule has 0 amide bonds. The van der Waals surface area contributed by atoms with Gasteiger partial charge in [0.05, 0.1) is 18.9 Å². The number of hydrogen-bond acceptors (Lipinski definition) is 6. The summed E-state index contributed by atoms with van der Waals surface area (Å²) in [5.41, 5.74) is 2.18. The highest BCUT2D eigenvalue weighted by Gasteiger charge is 2.18. The van der Waals surface area contributed by atoms with E-state index >= 15 is 0 Å². The summed E-state index contributed by atoms with van der Waals surface area (Å²) >= 11 is 0. The van der Waals surface area contributed by atoms with Gasteiger partial charge in [-0.3, -0.25) is 4.68 Å². The van der Waals surface area contributed by atoms with Gasteiger partial charge in [-0.15, -0.1) is 10.2 Å². The Hall–Kier alpha value is -2.97. The fourth-order valence-corrected chi connectivity index (χ4v) is 2.42. The molecule has 0 atom stereocenters. The molecule has 7 nitrogen and oxygen atoms in total. The average molecular weight is 350 g/mol. The van der Waals surface area contributed by atoms with E-state index in [2.05, 4.69) is 20.0 Å². The van der Waals surface area contributed by atoms with Gasteiger partial charge in [0, 0.05) is 17.8 Å². The van der Waals surface area contributed by atoms with E-state index in [-0.39, 0.29) is 17.4 Å². The molecular formula is C16H16F2N4O3. The molecule has 0 N–H and O–H groups in total. The van der Waals surface area contributed by atoms with Gasteiger partial charge in [0.15, 0.2) is 11.5 Å². The van der Waals surface area contributed by atoms with Crippen molar-refractivity contribution in [2.24, 2.45) is 0 Å². The maximum absolute atomic E-state index is 12.4. The minimum Gasteiger partial charge on any atom is -0.493 e. The van der Waals surface area contributed by atoms with Gasteiger partial charge in [0.1, 0.15) is 0 Å². The van der Waals surface area contributed by atoms with Gasteiger partial charge in [-0.25, -0.2) is 0 Å². The molecule has 0 unspecified atom stereocenters. The third kappa shape index (κ3) is 3.30. The van der Waals surface area contributed by atoms with Crippen LogP contribution in [-0.2, 0) is 6.54 Å². The fraction of sp³-hybridized carbons (Fsp3) is 0.312. The summed E-state index contributed by atoms with van der Waals surface area (Å²) in [6, 6.07) is 4.40. The van der Waals surface area contributed by atoms with Crippen LogP contribution in [0.4, 0.5) is 8.78 Å². The molecule has 1 aromatic carbocycles. The first-order valence-electron chi connectivity index (χ1n) is 7.53. The zero-order valence-electron chi connectivity index (χ0n) is 13.9. The van der Waals surface area contributed by atoms with E-state index in [1.165, 1.54) is 19.2 Å². The van der Waals surface area contributed by atoms with E-state index in [0.29, 0.717) is 11.5 Å². The Kier molecular flexibility index (Phi) is 4.64. The first-order valence-corrected chi connectivity index (χ1v) is 7.53. The molecule has 3 aromatic rings. The van der Waals surface area contributed by atoms with Crippen molar-refractivity contribution in [3.05, 3.63) is 30.1 Å². The van der Waals surface area contributed by atoms with E-state index in [4.69, 9.17) is 9.15 Å². The third-order valence-corrected chi connectivity index (χ3v) is 3.68. The SMILES string of the molecule is CCn1ncc(-c2nnc(-c3ccc(OC(F)F)c(OC)c3)o2)c1C. The highest BCUT2D eigenvalue weighted by Crippen LogP contribution is 2.34. The van der Waals surface area contributed by atoms with Gasteiger partial charge in [0.2, 0.25) is 5.89 Å². The number of hydrogen-bond donors (Lipinski definition) is 0. The maximum atomic E-state index is 12.4. The van der Waals surface area contributed by atoms with Gasteiger partial charge in [0.25, 0.3) is 5.89 Å². The van der Waals surface area contributed by atoms with Gasteiger partial charge in [-0.1, -0.05) is 0 Å². The van der Waals surface area contributed by atoms with Crippen molar-refractivity contribution >= 4 is 0 Å². The third-order valence-electron chi connectivity index (χ3n) is 3.68. The van der Waals surface area contributed by atoms with E-state index in [0.717, 1.165) is 17.8 Å². The van der Waals surface area contributed by atoms with Crippen LogP contribution in [-0.4, -0.2) is 33.7 Å². The Morgan fingerprint density at radius 2 is 1.96 bits per heavy atom. The van der Waals surface area contributed by atoms with Crippen LogP contribution >= 0.6 is 0 Å². The van der Waals surface area contributed by atoms with Crippen LogP contribution in [0, 0.1) is 6.92 Å². The molecule has 25 heavy (non-hydrogen) atoms. The summed E-state index contributed by atoms with van der Waals surface area (Å²) in [5, 5.41) is 12.3. The monoisotopic (exact) mass is 350 g/mol. The molecule has 0 saturated heterocycles. The van der Waals surface area contributed by atoms with Gasteiger partial charge >= 0.3 is 6.61 Å². The Labute approximate surface area is 142 Å². The maximum Gasteiger partial charge on any atom is 0.387 e. The molecule has 0 spiro atoms. The van der Waals surface area contributed by atoms with Crippen molar-refractivity contribution in [3.8, 4) is 34.4 Å². The molecule has 0 aliphatic carbocycles. The van der Waals surface area contributed by atoms with Crippen molar-refractivity contribution in [2.45, 2.75) is 27.0 Å². The predicted octanol–water partition coefficient (Wildman–Crippen LogP) is 3.54. The summed E-state index contributed by atoms with van der Waals surface area (Å²) < 4.78 is 41.8. The highest BCUT2D eigenvalue weighted by atomic mass is 19.3. The summed E-state index contributed by atoms with van der Waals surface area (Å²) in [6.07, 6.45) is 1.66. The van der Waals surface area contributed by atoms with Crippen LogP contribution in [0.15, 0.2) is 28.8 Å². The van der Waals surface area contributed by atoms with Gasteiger partial charge in [-0.2, -0.15) is 13.9 Å². The summed E-state index contributed by atoms with van der Waals surface area (Å²) in [5.74, 6) is 0.646. The van der Waals surface area contributed by atoms with Crippen LogP contribution in [0.1, 0.15) is 12.6 Å². The Balaban J connectivity index is 1.93. The van der Waals surface area contributed by atoms with Crippen LogP contribution in [0.25, 0.3) is 22.9 Å². The largest absolute Gasteiger partial charge is 0.493 e. The molecule has 0 aliphatic heterocycles. The van der Waals surface area contributed by atoms with E-state index in [9.17, 15) is 8.78 Å². The Morgan fingerprint density at radius 1 is 1.20 bits per heavy atom. The van der Waals surface area contributed by atoms with Crippen molar-refractivity contribution in [3.63, 3.8) is 0 Å². The summed E-state index contributed by atoms with van der Waals surface area (Å²) in [4.78, 5) is 0. The molecule has 2 heterocycles. The lowest BCUT2D eigenvalue weighted by Gasteiger charge is -2.10. The number of halogens is 2. The van der Waals surface area contributed by atoms with Crippen molar-refractivity contribution in [2.75, 3.05) is 7.11 Å². The average Bonchev–Trinajstić information content (AvgIpc) is 3.21.